The first-order valence-electron chi connectivity index (χ1n) is 5.30. The van der Waals surface area contributed by atoms with Gasteiger partial charge in [0.1, 0.15) is 5.82 Å². The number of anilines is 1. The number of ether oxygens (including phenoxy) is 2. The van der Waals surface area contributed by atoms with E-state index in [1.54, 1.807) is 26.5 Å². The van der Waals surface area contributed by atoms with Gasteiger partial charge in [-0.2, -0.15) is 5.10 Å². The Hall–Kier alpha value is -1.88. The number of rotatable bonds is 3. The molecule has 0 aliphatic heterocycles. The maximum absolute atomic E-state index is 6.19. The average Bonchev–Trinajstić information content (AvgIpc) is 2.78. The van der Waals surface area contributed by atoms with Gasteiger partial charge >= 0.3 is 0 Å². The first kappa shape index (κ1) is 12.6. The number of hydrogen-bond donors (Lipinski definition) is 2. The SMILES string of the molecule is COc1c(-c2cn[nH]c2N)cc(Cl)c(C)c1OC. The standard InChI is InChI=1S/C12H14ClN3O2/c1-6-9(13)4-7(8-5-15-16-12(8)14)11(18-3)10(6)17-2/h4-5H,1-3H3,(H3,14,15,16). The molecule has 0 bridgehead atoms. The van der Waals surface area contributed by atoms with Crippen molar-refractivity contribution < 1.29 is 9.47 Å². The zero-order valence-electron chi connectivity index (χ0n) is 10.4. The second kappa shape index (κ2) is 4.78. The van der Waals surface area contributed by atoms with Gasteiger partial charge in [0.2, 0.25) is 0 Å². The lowest BCUT2D eigenvalue weighted by Gasteiger charge is -2.15. The molecule has 1 aromatic heterocycles. The van der Waals surface area contributed by atoms with Crippen molar-refractivity contribution in [1.29, 1.82) is 0 Å². The van der Waals surface area contributed by atoms with E-state index < -0.39 is 0 Å². The van der Waals surface area contributed by atoms with Crippen LogP contribution in [0.3, 0.4) is 0 Å². The number of halogens is 1. The molecular formula is C12H14ClN3O2. The van der Waals surface area contributed by atoms with Crippen LogP contribution in [0.15, 0.2) is 12.3 Å². The molecule has 0 saturated heterocycles. The number of nitrogens with two attached hydrogens (primary N) is 1. The van der Waals surface area contributed by atoms with Crippen LogP contribution in [-0.2, 0) is 0 Å². The molecule has 18 heavy (non-hydrogen) atoms. The van der Waals surface area contributed by atoms with Gasteiger partial charge in [0, 0.05) is 21.7 Å². The number of benzene rings is 1. The number of H-pyrrole nitrogens is 1. The van der Waals surface area contributed by atoms with Crippen LogP contribution >= 0.6 is 11.6 Å². The monoisotopic (exact) mass is 267 g/mol. The van der Waals surface area contributed by atoms with Crippen molar-refractivity contribution in [2.45, 2.75) is 6.92 Å². The Bertz CT molecular complexity index is 581. The van der Waals surface area contributed by atoms with Crippen molar-refractivity contribution in [3.05, 3.63) is 22.8 Å². The third-order valence-electron chi connectivity index (χ3n) is 2.79. The molecule has 96 valence electrons. The molecule has 5 nitrogen and oxygen atoms in total. The molecule has 0 saturated carbocycles. The normalized spacial score (nSPS) is 10.4. The zero-order chi connectivity index (χ0) is 13.3. The average molecular weight is 268 g/mol. The van der Waals surface area contributed by atoms with Crippen molar-refractivity contribution in [2.24, 2.45) is 0 Å². The largest absolute Gasteiger partial charge is 0.493 e. The van der Waals surface area contributed by atoms with E-state index in [1.165, 1.54) is 0 Å². The minimum absolute atomic E-state index is 0.454. The highest BCUT2D eigenvalue weighted by molar-refractivity contribution is 6.32. The Morgan fingerprint density at radius 2 is 1.89 bits per heavy atom. The van der Waals surface area contributed by atoms with Gasteiger partial charge in [-0.3, -0.25) is 5.10 Å². The zero-order valence-corrected chi connectivity index (χ0v) is 11.1. The van der Waals surface area contributed by atoms with Gasteiger partial charge in [-0.15, -0.1) is 0 Å². The predicted molar refractivity (Wildman–Crippen MR) is 71.3 cm³/mol. The Kier molecular flexibility index (Phi) is 3.34. The summed E-state index contributed by atoms with van der Waals surface area (Å²) in [5.74, 6) is 1.64. The highest BCUT2D eigenvalue weighted by Crippen LogP contribution is 2.44. The molecule has 6 heteroatoms. The van der Waals surface area contributed by atoms with Crippen molar-refractivity contribution in [2.75, 3.05) is 20.0 Å². The topological polar surface area (TPSA) is 73.2 Å². The lowest BCUT2D eigenvalue weighted by atomic mass is 10.0. The number of nitrogens with zero attached hydrogens (tertiary/aromatic N) is 1. The van der Waals surface area contributed by atoms with Crippen LogP contribution < -0.4 is 15.2 Å². The number of nitrogen functional groups attached to an aromatic ring is 1. The number of methoxy groups -OCH3 is 2. The molecule has 3 N–H and O–H groups in total. The van der Waals surface area contributed by atoms with Crippen LogP contribution in [0.1, 0.15) is 5.56 Å². The van der Waals surface area contributed by atoms with Crippen molar-refractivity contribution in [3.8, 4) is 22.6 Å². The van der Waals surface area contributed by atoms with Crippen LogP contribution in [0.25, 0.3) is 11.1 Å². The van der Waals surface area contributed by atoms with Gasteiger partial charge in [-0.1, -0.05) is 11.6 Å². The number of hydrogen-bond acceptors (Lipinski definition) is 4. The molecule has 0 radical (unpaired) electrons. The van der Waals surface area contributed by atoms with Crippen LogP contribution in [0.2, 0.25) is 5.02 Å². The van der Waals surface area contributed by atoms with E-state index in [2.05, 4.69) is 10.2 Å². The smallest absolute Gasteiger partial charge is 0.169 e. The van der Waals surface area contributed by atoms with Crippen molar-refractivity contribution >= 4 is 17.4 Å². The lowest BCUT2D eigenvalue weighted by Crippen LogP contribution is -1.97. The predicted octanol–water partition coefficient (Wildman–Crippen LogP) is 2.64. The third-order valence-corrected chi connectivity index (χ3v) is 3.18. The summed E-state index contributed by atoms with van der Waals surface area (Å²) in [4.78, 5) is 0. The summed E-state index contributed by atoms with van der Waals surface area (Å²) in [6.45, 7) is 1.87. The molecule has 0 atom stereocenters. The highest BCUT2D eigenvalue weighted by Gasteiger charge is 2.19. The summed E-state index contributed by atoms with van der Waals surface area (Å²) in [6.07, 6.45) is 1.62. The number of aromatic nitrogens is 2. The fourth-order valence-electron chi connectivity index (χ4n) is 1.86. The summed E-state index contributed by atoms with van der Waals surface area (Å²) in [7, 11) is 3.15. The van der Waals surface area contributed by atoms with E-state index in [0.717, 1.165) is 16.7 Å². The molecule has 0 unspecified atom stereocenters. The lowest BCUT2D eigenvalue weighted by molar-refractivity contribution is 0.354. The molecule has 0 aliphatic rings. The van der Waals surface area contributed by atoms with E-state index in [0.29, 0.717) is 22.3 Å². The van der Waals surface area contributed by atoms with Gasteiger partial charge in [0.25, 0.3) is 0 Å². The quantitative estimate of drug-likeness (QED) is 0.897. The van der Waals surface area contributed by atoms with E-state index in [1.807, 2.05) is 6.92 Å². The Balaban J connectivity index is 2.75. The molecular weight excluding hydrogens is 254 g/mol. The minimum Gasteiger partial charge on any atom is -0.493 e. The molecule has 0 spiro atoms. The summed E-state index contributed by atoms with van der Waals surface area (Å²) < 4.78 is 10.7. The summed E-state index contributed by atoms with van der Waals surface area (Å²) in [6, 6.07) is 1.79. The molecule has 0 amide bonds. The van der Waals surface area contributed by atoms with Crippen molar-refractivity contribution in [3.63, 3.8) is 0 Å². The van der Waals surface area contributed by atoms with Crippen LogP contribution in [0.4, 0.5) is 5.82 Å². The fourth-order valence-corrected chi connectivity index (χ4v) is 2.06. The summed E-state index contributed by atoms with van der Waals surface area (Å²) in [5, 5.41) is 7.16. The summed E-state index contributed by atoms with van der Waals surface area (Å²) in [5.41, 5.74) is 8.11. The fraction of sp³-hybridized carbons (Fsp3) is 0.250. The van der Waals surface area contributed by atoms with Gasteiger partial charge in [-0.25, -0.2) is 0 Å². The van der Waals surface area contributed by atoms with E-state index in [-0.39, 0.29) is 0 Å². The highest BCUT2D eigenvalue weighted by atomic mass is 35.5. The molecule has 1 heterocycles. The van der Waals surface area contributed by atoms with Gasteiger partial charge in [0.15, 0.2) is 11.5 Å². The van der Waals surface area contributed by atoms with Crippen LogP contribution in [0, 0.1) is 6.92 Å². The Morgan fingerprint density at radius 1 is 1.22 bits per heavy atom. The summed E-state index contributed by atoms with van der Waals surface area (Å²) >= 11 is 6.19. The van der Waals surface area contributed by atoms with E-state index >= 15 is 0 Å². The maximum Gasteiger partial charge on any atom is 0.169 e. The van der Waals surface area contributed by atoms with Crippen molar-refractivity contribution in [1.82, 2.24) is 10.2 Å². The molecule has 2 aromatic rings. The van der Waals surface area contributed by atoms with Crippen LogP contribution in [-0.4, -0.2) is 24.4 Å². The van der Waals surface area contributed by atoms with E-state index in [4.69, 9.17) is 26.8 Å². The first-order chi connectivity index (χ1) is 8.60. The maximum atomic E-state index is 6.19. The molecule has 0 fully saturated rings. The van der Waals surface area contributed by atoms with Gasteiger partial charge < -0.3 is 15.2 Å². The third kappa shape index (κ3) is 1.86. The number of aromatic amines is 1. The minimum atomic E-state index is 0.454. The van der Waals surface area contributed by atoms with Gasteiger partial charge in [-0.05, 0) is 13.0 Å². The second-order valence-electron chi connectivity index (χ2n) is 3.79. The Morgan fingerprint density at radius 3 is 2.39 bits per heavy atom. The van der Waals surface area contributed by atoms with Crippen LogP contribution in [0.5, 0.6) is 11.5 Å². The second-order valence-corrected chi connectivity index (χ2v) is 4.20. The molecule has 2 rings (SSSR count). The first-order valence-corrected chi connectivity index (χ1v) is 5.68. The van der Waals surface area contributed by atoms with E-state index in [9.17, 15) is 0 Å². The van der Waals surface area contributed by atoms with Gasteiger partial charge in [0.05, 0.1) is 20.4 Å². The Labute approximate surface area is 110 Å². The number of nitrogens with one attached hydrogen (secondary N) is 1. The molecule has 1 aromatic carbocycles. The molecule has 0 aliphatic carbocycles.